The van der Waals surface area contributed by atoms with Gasteiger partial charge in [0.2, 0.25) is 0 Å². The van der Waals surface area contributed by atoms with E-state index in [9.17, 15) is 5.26 Å². The maximum Gasteiger partial charge on any atom is 0.142 e. The molecule has 1 aliphatic carbocycles. The van der Waals surface area contributed by atoms with E-state index in [2.05, 4.69) is 90.3 Å². The van der Waals surface area contributed by atoms with Crippen molar-refractivity contribution in [2.45, 2.75) is 65.5 Å². The third-order valence-corrected chi connectivity index (χ3v) is 12.3. The van der Waals surface area contributed by atoms with Crippen molar-refractivity contribution in [3.8, 4) is 11.8 Å². The summed E-state index contributed by atoms with van der Waals surface area (Å²) in [6.45, 7) is 17.9. The zero-order valence-corrected chi connectivity index (χ0v) is 31.8. The van der Waals surface area contributed by atoms with E-state index in [-0.39, 0.29) is 0 Å². The van der Waals surface area contributed by atoms with Crippen molar-refractivity contribution in [3.05, 3.63) is 88.7 Å². The number of nitrogens with zero attached hydrogens (tertiary/aromatic N) is 7. The second-order valence-electron chi connectivity index (χ2n) is 16.0. The van der Waals surface area contributed by atoms with E-state index in [1.807, 2.05) is 29.1 Å². The number of allylic oxidation sites excluding steroid dienone is 1. The Morgan fingerprint density at radius 1 is 1.00 bits per heavy atom. The molecule has 0 bridgehead atoms. The van der Waals surface area contributed by atoms with Crippen molar-refractivity contribution in [1.82, 2.24) is 24.2 Å². The molecule has 260 valence electrons. The molecule has 0 N–H and O–H groups in total. The number of nitriles is 1. The van der Waals surface area contributed by atoms with Crippen LogP contribution in [0.1, 0.15) is 44.2 Å². The van der Waals surface area contributed by atoms with E-state index in [0.29, 0.717) is 17.7 Å². The van der Waals surface area contributed by atoms with Crippen molar-refractivity contribution in [1.29, 1.82) is 5.26 Å². The van der Waals surface area contributed by atoms with Crippen LogP contribution >= 0.6 is 11.6 Å². The minimum atomic E-state index is -1.15. The predicted octanol–water partition coefficient (Wildman–Crippen LogP) is 9.00. The second kappa shape index (κ2) is 14.0. The molecule has 10 heteroatoms. The van der Waals surface area contributed by atoms with Crippen LogP contribution in [0, 0.1) is 16.7 Å². The second-order valence-corrected chi connectivity index (χ2v) is 22.1. The lowest BCUT2D eigenvalue weighted by Crippen LogP contribution is -2.47. The summed E-state index contributed by atoms with van der Waals surface area (Å²) in [5.41, 5.74) is 9.71. The first-order valence-corrected chi connectivity index (χ1v) is 21.9. The van der Waals surface area contributed by atoms with Crippen molar-refractivity contribution in [2.75, 3.05) is 44.2 Å². The van der Waals surface area contributed by atoms with Gasteiger partial charge < -0.3 is 14.2 Å². The van der Waals surface area contributed by atoms with Gasteiger partial charge in [-0.15, -0.1) is 0 Å². The number of hydrogen-bond donors (Lipinski definition) is 0. The normalized spacial score (nSPS) is 17.2. The smallest absolute Gasteiger partial charge is 0.142 e. The van der Waals surface area contributed by atoms with Gasteiger partial charge in [0, 0.05) is 69.7 Å². The van der Waals surface area contributed by atoms with E-state index >= 15 is 0 Å². The molecule has 7 rings (SSSR count). The standard InChI is InChI=1S/C40H48ClN7OSi/c1-40(2)14-12-32(35(24-40)29-6-9-33(41)10-7-29)27-45-16-18-46(19-17-45)34-11-8-31(25-42)37(23-34)48-38-22-30-13-15-47(28-49-20-21-50(3,4)5)39(30)44-36(38)26-43-48/h6-11,13,15,22-23,26H,12,14,16-21,24,27-28H2,1-5H3. The highest BCUT2D eigenvalue weighted by Gasteiger charge is 2.29. The quantitative estimate of drug-likeness (QED) is 0.107. The monoisotopic (exact) mass is 705 g/mol. The van der Waals surface area contributed by atoms with Crippen LogP contribution in [0.15, 0.2) is 72.6 Å². The number of aromatic nitrogens is 4. The van der Waals surface area contributed by atoms with Crippen molar-refractivity contribution >= 4 is 53.0 Å². The first kappa shape index (κ1) is 34.5. The molecule has 0 saturated carbocycles. The molecule has 1 saturated heterocycles. The summed E-state index contributed by atoms with van der Waals surface area (Å²) in [7, 11) is -1.15. The maximum absolute atomic E-state index is 10.1. The molecule has 4 heterocycles. The number of halogens is 1. The van der Waals surface area contributed by atoms with Gasteiger partial charge in [-0.1, -0.05) is 62.8 Å². The molecule has 2 aliphatic rings. The van der Waals surface area contributed by atoms with E-state index in [1.54, 1.807) is 11.8 Å². The highest BCUT2D eigenvalue weighted by molar-refractivity contribution is 6.76. The fourth-order valence-electron chi connectivity index (χ4n) is 7.28. The summed E-state index contributed by atoms with van der Waals surface area (Å²) < 4.78 is 9.94. The van der Waals surface area contributed by atoms with Gasteiger partial charge in [0.1, 0.15) is 24.0 Å². The third-order valence-electron chi connectivity index (χ3n) is 10.4. The number of fused-ring (bicyclic) bond motifs is 2. The lowest BCUT2D eigenvalue weighted by atomic mass is 9.72. The van der Waals surface area contributed by atoms with Crippen molar-refractivity contribution in [2.24, 2.45) is 5.41 Å². The average molecular weight is 706 g/mol. The van der Waals surface area contributed by atoms with Crippen LogP contribution in [0.2, 0.25) is 30.7 Å². The topological polar surface area (TPSA) is 75.1 Å². The predicted molar refractivity (Wildman–Crippen MR) is 208 cm³/mol. The minimum Gasteiger partial charge on any atom is -0.369 e. The van der Waals surface area contributed by atoms with Gasteiger partial charge in [0.15, 0.2) is 0 Å². The number of anilines is 1. The van der Waals surface area contributed by atoms with Gasteiger partial charge in [0.25, 0.3) is 0 Å². The van der Waals surface area contributed by atoms with Crippen LogP contribution in [0.4, 0.5) is 5.69 Å². The van der Waals surface area contributed by atoms with Crippen LogP contribution in [-0.4, -0.2) is 71.6 Å². The molecule has 0 amide bonds. The Hall–Kier alpha value is -3.94. The molecule has 3 aromatic heterocycles. The van der Waals surface area contributed by atoms with E-state index in [4.69, 9.17) is 26.4 Å². The lowest BCUT2D eigenvalue weighted by Gasteiger charge is -2.39. The van der Waals surface area contributed by atoms with E-state index < -0.39 is 8.07 Å². The molecule has 5 aromatic rings. The molecule has 0 radical (unpaired) electrons. The molecule has 50 heavy (non-hydrogen) atoms. The Morgan fingerprint density at radius 2 is 1.78 bits per heavy atom. The van der Waals surface area contributed by atoms with Crippen LogP contribution in [0.5, 0.6) is 0 Å². The molecular formula is C40H48ClN7OSi. The Bertz CT molecular complexity index is 2070. The number of rotatable bonds is 10. The summed E-state index contributed by atoms with van der Waals surface area (Å²) in [5.74, 6) is 0. The average Bonchev–Trinajstić information content (AvgIpc) is 3.69. The molecule has 2 aromatic carbocycles. The first-order valence-electron chi connectivity index (χ1n) is 17.9. The highest BCUT2D eigenvalue weighted by Crippen LogP contribution is 2.43. The zero-order valence-electron chi connectivity index (χ0n) is 30.0. The van der Waals surface area contributed by atoms with Crippen LogP contribution < -0.4 is 4.90 Å². The van der Waals surface area contributed by atoms with Gasteiger partial charge in [-0.25, -0.2) is 9.67 Å². The van der Waals surface area contributed by atoms with Crippen molar-refractivity contribution < 1.29 is 4.74 Å². The summed E-state index contributed by atoms with van der Waals surface area (Å²) in [6, 6.07) is 22.2. The molecule has 1 fully saturated rings. The molecule has 8 nitrogen and oxygen atoms in total. The Labute approximate surface area is 301 Å². The minimum absolute atomic E-state index is 0.305. The first-order chi connectivity index (χ1) is 24.0. The highest BCUT2D eigenvalue weighted by atomic mass is 35.5. The van der Waals surface area contributed by atoms with Crippen LogP contribution in [-0.2, 0) is 11.5 Å². The number of benzene rings is 2. The fourth-order valence-corrected chi connectivity index (χ4v) is 8.16. The summed E-state index contributed by atoms with van der Waals surface area (Å²) in [5, 5.41) is 16.7. The zero-order chi connectivity index (χ0) is 35.0. The number of ether oxygens (including phenoxy) is 1. The van der Waals surface area contributed by atoms with Gasteiger partial charge in [-0.3, -0.25) is 4.90 Å². The van der Waals surface area contributed by atoms with Crippen molar-refractivity contribution in [3.63, 3.8) is 0 Å². The fraction of sp³-hybridized carbons (Fsp3) is 0.425. The molecule has 0 atom stereocenters. The Kier molecular flexibility index (Phi) is 9.66. The molecule has 0 unspecified atom stereocenters. The van der Waals surface area contributed by atoms with E-state index in [0.717, 1.165) is 96.7 Å². The summed E-state index contributed by atoms with van der Waals surface area (Å²) >= 11 is 6.24. The maximum atomic E-state index is 10.1. The number of piperazine rings is 1. The number of hydrogen-bond acceptors (Lipinski definition) is 6. The van der Waals surface area contributed by atoms with E-state index in [1.165, 1.54) is 17.6 Å². The molecule has 1 aliphatic heterocycles. The molecule has 0 spiro atoms. The van der Waals surface area contributed by atoms with Crippen LogP contribution in [0.3, 0.4) is 0 Å². The van der Waals surface area contributed by atoms with Gasteiger partial charge >= 0.3 is 0 Å². The SMILES string of the molecule is CC1(C)CCC(CN2CCN(c3ccc(C#N)c(-n4ncc5nc6c(ccn6COCC[Si](C)(C)C)cc54)c3)CC2)=C(c2ccc(Cl)cc2)C1. The van der Waals surface area contributed by atoms with Gasteiger partial charge in [-0.2, -0.15) is 10.4 Å². The Balaban J connectivity index is 1.07. The largest absolute Gasteiger partial charge is 0.369 e. The van der Waals surface area contributed by atoms with Crippen LogP contribution in [0.25, 0.3) is 33.3 Å². The Morgan fingerprint density at radius 3 is 2.52 bits per heavy atom. The van der Waals surface area contributed by atoms with Gasteiger partial charge in [-0.05, 0) is 84.3 Å². The number of pyridine rings is 1. The summed E-state index contributed by atoms with van der Waals surface area (Å²) in [6.07, 6.45) is 7.29. The van der Waals surface area contributed by atoms with Gasteiger partial charge in [0.05, 0.1) is 23.0 Å². The lowest BCUT2D eigenvalue weighted by molar-refractivity contribution is 0.0899. The third kappa shape index (κ3) is 7.54. The summed E-state index contributed by atoms with van der Waals surface area (Å²) in [4.78, 5) is 10.0. The molecular weight excluding hydrogens is 658 g/mol.